The Morgan fingerprint density at radius 1 is 1.28 bits per heavy atom. The Hall–Kier alpha value is -2.04. The highest BCUT2D eigenvalue weighted by Gasteiger charge is 2.37. The Kier molecular flexibility index (Phi) is 3.23. The monoisotopic (exact) mass is 248 g/mol. The van der Waals surface area contributed by atoms with E-state index < -0.39 is 11.9 Å². The van der Waals surface area contributed by atoms with Crippen molar-refractivity contribution in [3.05, 3.63) is 29.8 Å². The summed E-state index contributed by atoms with van der Waals surface area (Å²) in [4.78, 5) is 24.8. The van der Waals surface area contributed by atoms with Crippen LogP contribution < -0.4 is 5.73 Å². The first-order valence-electron chi connectivity index (χ1n) is 5.86. The van der Waals surface area contributed by atoms with E-state index in [-0.39, 0.29) is 18.4 Å². The maximum absolute atomic E-state index is 12.2. The molecule has 0 spiro atoms. The topological polar surface area (TPSA) is 83.6 Å². The number of likely N-dealkylation sites (tertiary alicyclic amines) is 1. The quantitative estimate of drug-likeness (QED) is 0.766. The summed E-state index contributed by atoms with van der Waals surface area (Å²) in [6, 6.07) is 6.66. The Balaban J connectivity index is 2.12. The fourth-order valence-corrected chi connectivity index (χ4v) is 2.26. The number of nitrogen functional groups attached to an aromatic ring is 1. The lowest BCUT2D eigenvalue weighted by Gasteiger charge is -2.15. The van der Waals surface area contributed by atoms with Gasteiger partial charge in [0.2, 0.25) is 0 Å². The first kappa shape index (κ1) is 12.4. The second-order valence-electron chi connectivity index (χ2n) is 4.75. The first-order valence-corrected chi connectivity index (χ1v) is 5.86. The summed E-state index contributed by atoms with van der Waals surface area (Å²) >= 11 is 0. The van der Waals surface area contributed by atoms with Crippen molar-refractivity contribution in [3.63, 3.8) is 0 Å². The van der Waals surface area contributed by atoms with Gasteiger partial charge in [-0.3, -0.25) is 9.59 Å². The number of carboxylic acid groups (broad SMARTS) is 1. The highest BCUT2D eigenvalue weighted by Crippen LogP contribution is 2.24. The van der Waals surface area contributed by atoms with E-state index in [1.54, 1.807) is 29.2 Å². The van der Waals surface area contributed by atoms with E-state index in [1.807, 2.05) is 6.92 Å². The molecule has 1 fully saturated rings. The number of carbonyl (C=O) groups is 2. The van der Waals surface area contributed by atoms with Crippen molar-refractivity contribution in [1.82, 2.24) is 4.90 Å². The van der Waals surface area contributed by atoms with Crippen LogP contribution >= 0.6 is 0 Å². The summed E-state index contributed by atoms with van der Waals surface area (Å²) in [6.45, 7) is 2.62. The van der Waals surface area contributed by atoms with Crippen molar-refractivity contribution in [3.8, 4) is 0 Å². The Morgan fingerprint density at radius 2 is 1.89 bits per heavy atom. The molecule has 0 bridgehead atoms. The van der Waals surface area contributed by atoms with E-state index in [9.17, 15) is 9.59 Å². The van der Waals surface area contributed by atoms with Crippen molar-refractivity contribution >= 4 is 17.6 Å². The largest absolute Gasteiger partial charge is 0.481 e. The molecule has 0 aromatic heterocycles. The molecule has 0 unspecified atom stereocenters. The number of carbonyl (C=O) groups excluding carboxylic acids is 1. The molecule has 0 radical (unpaired) electrons. The molecule has 18 heavy (non-hydrogen) atoms. The lowest BCUT2D eigenvalue weighted by atomic mass is 9.99. The predicted molar refractivity (Wildman–Crippen MR) is 67.0 cm³/mol. The van der Waals surface area contributed by atoms with Crippen molar-refractivity contribution < 1.29 is 14.7 Å². The maximum Gasteiger partial charge on any atom is 0.308 e. The molecule has 0 saturated carbocycles. The molecule has 1 aromatic rings. The molecule has 1 aliphatic rings. The van der Waals surface area contributed by atoms with Crippen LogP contribution in [0.5, 0.6) is 0 Å². The van der Waals surface area contributed by atoms with Crippen molar-refractivity contribution in [2.24, 2.45) is 11.8 Å². The van der Waals surface area contributed by atoms with E-state index in [2.05, 4.69) is 0 Å². The van der Waals surface area contributed by atoms with Gasteiger partial charge in [-0.05, 0) is 30.2 Å². The van der Waals surface area contributed by atoms with Crippen LogP contribution in [0.2, 0.25) is 0 Å². The zero-order valence-corrected chi connectivity index (χ0v) is 10.2. The number of hydrogen-bond acceptors (Lipinski definition) is 3. The molecule has 2 rings (SSSR count). The van der Waals surface area contributed by atoms with Crippen LogP contribution in [-0.2, 0) is 4.79 Å². The van der Waals surface area contributed by atoms with Gasteiger partial charge in [0.05, 0.1) is 5.92 Å². The number of hydrogen-bond donors (Lipinski definition) is 2. The van der Waals surface area contributed by atoms with Crippen LogP contribution in [0.4, 0.5) is 5.69 Å². The van der Waals surface area contributed by atoms with Crippen LogP contribution in [-0.4, -0.2) is 35.0 Å². The number of nitrogens with zero attached hydrogens (tertiary/aromatic N) is 1. The first-order chi connectivity index (χ1) is 8.49. The fraction of sp³-hybridized carbons (Fsp3) is 0.385. The van der Waals surface area contributed by atoms with Crippen LogP contribution in [0, 0.1) is 11.8 Å². The van der Waals surface area contributed by atoms with Crippen molar-refractivity contribution in [2.75, 3.05) is 18.8 Å². The third kappa shape index (κ3) is 2.30. The average Bonchev–Trinajstić information content (AvgIpc) is 2.71. The van der Waals surface area contributed by atoms with Gasteiger partial charge in [-0.25, -0.2) is 0 Å². The number of benzene rings is 1. The fourth-order valence-electron chi connectivity index (χ4n) is 2.26. The number of anilines is 1. The van der Waals surface area contributed by atoms with Crippen LogP contribution in [0.3, 0.4) is 0 Å². The van der Waals surface area contributed by atoms with Crippen molar-refractivity contribution in [1.29, 1.82) is 0 Å². The van der Waals surface area contributed by atoms with Crippen LogP contribution in [0.1, 0.15) is 17.3 Å². The molecule has 1 aromatic carbocycles. The van der Waals surface area contributed by atoms with Crippen LogP contribution in [0.15, 0.2) is 24.3 Å². The van der Waals surface area contributed by atoms with Gasteiger partial charge in [-0.1, -0.05) is 6.92 Å². The zero-order valence-electron chi connectivity index (χ0n) is 10.2. The normalized spacial score (nSPS) is 23.1. The van der Waals surface area contributed by atoms with Gasteiger partial charge in [0.1, 0.15) is 0 Å². The molecule has 0 aliphatic carbocycles. The van der Waals surface area contributed by atoms with Crippen molar-refractivity contribution in [2.45, 2.75) is 6.92 Å². The number of amides is 1. The van der Waals surface area contributed by atoms with Gasteiger partial charge in [0.25, 0.3) is 5.91 Å². The second kappa shape index (κ2) is 4.68. The molecule has 1 amide bonds. The molecule has 1 aliphatic heterocycles. The molecular weight excluding hydrogens is 232 g/mol. The van der Waals surface area contributed by atoms with E-state index in [1.165, 1.54) is 0 Å². The summed E-state index contributed by atoms with van der Waals surface area (Å²) < 4.78 is 0. The van der Waals surface area contributed by atoms with Gasteiger partial charge in [-0.15, -0.1) is 0 Å². The summed E-state index contributed by atoms with van der Waals surface area (Å²) in [6.07, 6.45) is 0. The minimum absolute atomic E-state index is 0.0137. The predicted octanol–water partition coefficient (Wildman–Crippen LogP) is 1.06. The third-order valence-electron chi connectivity index (χ3n) is 3.37. The number of aliphatic carboxylic acids is 1. The van der Waals surface area contributed by atoms with Gasteiger partial charge in [0.15, 0.2) is 0 Å². The van der Waals surface area contributed by atoms with E-state index in [0.717, 1.165) is 0 Å². The number of carboxylic acids is 1. The van der Waals surface area contributed by atoms with Gasteiger partial charge >= 0.3 is 5.97 Å². The van der Waals surface area contributed by atoms with Crippen LogP contribution in [0.25, 0.3) is 0 Å². The zero-order chi connectivity index (χ0) is 13.3. The van der Waals surface area contributed by atoms with E-state index in [4.69, 9.17) is 10.8 Å². The molecular formula is C13H16N2O3. The molecule has 1 saturated heterocycles. The Bertz CT molecular complexity index is 470. The van der Waals surface area contributed by atoms with Gasteiger partial charge in [-0.2, -0.15) is 0 Å². The highest BCUT2D eigenvalue weighted by molar-refractivity contribution is 5.95. The van der Waals surface area contributed by atoms with Gasteiger partial charge in [0, 0.05) is 24.3 Å². The Labute approximate surface area is 105 Å². The molecule has 1 heterocycles. The average molecular weight is 248 g/mol. The lowest BCUT2D eigenvalue weighted by Crippen LogP contribution is -2.29. The summed E-state index contributed by atoms with van der Waals surface area (Å²) in [7, 11) is 0. The third-order valence-corrected chi connectivity index (χ3v) is 3.37. The molecule has 96 valence electrons. The molecule has 3 N–H and O–H groups in total. The minimum atomic E-state index is -0.838. The highest BCUT2D eigenvalue weighted by atomic mass is 16.4. The SMILES string of the molecule is C[C@@H]1CN(C(=O)c2ccc(N)cc2)C[C@H]1C(=O)O. The van der Waals surface area contributed by atoms with E-state index in [0.29, 0.717) is 17.8 Å². The Morgan fingerprint density at radius 3 is 2.39 bits per heavy atom. The summed E-state index contributed by atoms with van der Waals surface area (Å²) in [5, 5.41) is 9.04. The summed E-state index contributed by atoms with van der Waals surface area (Å²) in [5.41, 5.74) is 6.71. The van der Waals surface area contributed by atoms with Gasteiger partial charge < -0.3 is 15.7 Å². The molecule has 2 atom stereocenters. The standard InChI is InChI=1S/C13H16N2O3/c1-8-6-15(7-11(8)13(17)18)12(16)9-2-4-10(14)5-3-9/h2-5,8,11H,6-7,14H2,1H3,(H,17,18)/t8-,11-/m1/s1. The molecule has 5 heteroatoms. The second-order valence-corrected chi connectivity index (χ2v) is 4.75. The number of rotatable bonds is 2. The smallest absolute Gasteiger partial charge is 0.308 e. The minimum Gasteiger partial charge on any atom is -0.481 e. The summed E-state index contributed by atoms with van der Waals surface area (Å²) in [5.74, 6) is -1.45. The number of nitrogens with two attached hydrogens (primary N) is 1. The molecule has 5 nitrogen and oxygen atoms in total. The maximum atomic E-state index is 12.2. The van der Waals surface area contributed by atoms with E-state index >= 15 is 0 Å². The lowest BCUT2D eigenvalue weighted by molar-refractivity contribution is -0.142.